The average molecular weight is 350 g/mol. The van der Waals surface area contributed by atoms with Crippen LogP contribution in [0.2, 0.25) is 0 Å². The molecule has 0 unspecified atom stereocenters. The Bertz CT molecular complexity index is 1000. The predicted molar refractivity (Wildman–Crippen MR) is 90.2 cm³/mol. The van der Waals surface area contributed by atoms with Crippen molar-refractivity contribution in [1.82, 2.24) is 19.6 Å². The number of hydrogen-bond acceptors (Lipinski definition) is 7. The molecule has 9 nitrogen and oxygen atoms in total. The van der Waals surface area contributed by atoms with E-state index in [2.05, 4.69) is 20.4 Å². The second kappa shape index (κ2) is 7.40. The van der Waals surface area contributed by atoms with E-state index >= 15 is 0 Å². The van der Waals surface area contributed by atoms with E-state index in [1.807, 2.05) is 6.07 Å². The molecule has 3 aromatic rings. The molecule has 130 valence electrons. The van der Waals surface area contributed by atoms with Gasteiger partial charge in [-0.05, 0) is 30.7 Å². The van der Waals surface area contributed by atoms with Crippen molar-refractivity contribution < 1.29 is 14.3 Å². The predicted octanol–water partition coefficient (Wildman–Crippen LogP) is 1.29. The standard InChI is InChI=1S/C17H14N6O3/c1-11-7-9-19-17-21-15(22-23(11)17)16(25)26-10-14(24)20-13-4-2-12(3-5-13)6-8-18/h2-5,7,9H,6,10H2,1H3,(H,20,24). The van der Waals surface area contributed by atoms with Gasteiger partial charge in [0.1, 0.15) is 0 Å². The lowest BCUT2D eigenvalue weighted by atomic mass is 10.1. The smallest absolute Gasteiger partial charge is 0.378 e. The van der Waals surface area contributed by atoms with Gasteiger partial charge in [-0.1, -0.05) is 12.1 Å². The number of amides is 1. The SMILES string of the molecule is Cc1ccnc2nc(C(=O)OCC(=O)Nc3ccc(CC#N)cc3)nn12. The van der Waals surface area contributed by atoms with Gasteiger partial charge in [-0.15, -0.1) is 5.10 Å². The highest BCUT2D eigenvalue weighted by Crippen LogP contribution is 2.10. The van der Waals surface area contributed by atoms with Gasteiger partial charge in [0, 0.05) is 17.6 Å². The van der Waals surface area contributed by atoms with Crippen molar-refractivity contribution in [2.75, 3.05) is 11.9 Å². The van der Waals surface area contributed by atoms with Crippen LogP contribution >= 0.6 is 0 Å². The van der Waals surface area contributed by atoms with Crippen molar-refractivity contribution in [2.45, 2.75) is 13.3 Å². The molecule has 0 radical (unpaired) electrons. The van der Waals surface area contributed by atoms with Crippen molar-refractivity contribution in [3.63, 3.8) is 0 Å². The van der Waals surface area contributed by atoms with Gasteiger partial charge in [-0.3, -0.25) is 4.79 Å². The Balaban J connectivity index is 1.57. The summed E-state index contributed by atoms with van der Waals surface area (Å²) >= 11 is 0. The second-order valence-corrected chi connectivity index (χ2v) is 5.39. The fourth-order valence-electron chi connectivity index (χ4n) is 2.18. The maximum atomic E-state index is 12.0. The first-order valence-electron chi connectivity index (χ1n) is 7.68. The summed E-state index contributed by atoms with van der Waals surface area (Å²) in [5.74, 6) is -1.20. The maximum Gasteiger partial charge on any atom is 0.378 e. The first-order chi connectivity index (χ1) is 12.6. The molecule has 0 saturated carbocycles. The summed E-state index contributed by atoms with van der Waals surface area (Å²) in [4.78, 5) is 31.9. The Morgan fingerprint density at radius 2 is 2.04 bits per heavy atom. The molecule has 0 aliphatic carbocycles. The van der Waals surface area contributed by atoms with E-state index in [1.165, 1.54) is 4.52 Å². The molecular weight excluding hydrogens is 336 g/mol. The fraction of sp³-hybridized carbons (Fsp3) is 0.176. The molecule has 2 aromatic heterocycles. The second-order valence-electron chi connectivity index (χ2n) is 5.39. The summed E-state index contributed by atoms with van der Waals surface area (Å²) in [7, 11) is 0. The van der Waals surface area contributed by atoms with Crippen LogP contribution in [0.1, 0.15) is 21.9 Å². The average Bonchev–Trinajstić information content (AvgIpc) is 3.07. The zero-order valence-electron chi connectivity index (χ0n) is 13.8. The summed E-state index contributed by atoms with van der Waals surface area (Å²) in [5.41, 5.74) is 2.15. The van der Waals surface area contributed by atoms with E-state index in [9.17, 15) is 9.59 Å². The Morgan fingerprint density at radius 1 is 1.27 bits per heavy atom. The molecular formula is C17H14N6O3. The van der Waals surface area contributed by atoms with Gasteiger partial charge < -0.3 is 10.1 Å². The van der Waals surface area contributed by atoms with Crippen molar-refractivity contribution in [3.05, 3.63) is 53.6 Å². The number of aromatic nitrogens is 4. The zero-order valence-corrected chi connectivity index (χ0v) is 13.8. The minimum Gasteiger partial charge on any atom is -0.450 e. The number of rotatable bonds is 5. The number of carbonyl (C=O) groups excluding carboxylic acids is 2. The Kier molecular flexibility index (Phi) is 4.85. The normalized spacial score (nSPS) is 10.3. The highest BCUT2D eigenvalue weighted by atomic mass is 16.5. The van der Waals surface area contributed by atoms with E-state index in [0.717, 1.165) is 11.3 Å². The molecule has 0 atom stereocenters. The van der Waals surface area contributed by atoms with Crippen molar-refractivity contribution in [1.29, 1.82) is 5.26 Å². The number of nitrogens with one attached hydrogen (secondary N) is 1. The Hall–Kier alpha value is -3.80. The third-order valence-electron chi connectivity index (χ3n) is 3.47. The summed E-state index contributed by atoms with van der Waals surface area (Å²) < 4.78 is 6.35. The van der Waals surface area contributed by atoms with Crippen LogP contribution in [0.4, 0.5) is 5.69 Å². The molecule has 1 aromatic carbocycles. The number of hydrogen-bond donors (Lipinski definition) is 1. The van der Waals surface area contributed by atoms with Crippen LogP contribution in [0.15, 0.2) is 36.5 Å². The van der Waals surface area contributed by atoms with Gasteiger partial charge in [0.15, 0.2) is 6.61 Å². The Labute approximate surface area is 148 Å². The van der Waals surface area contributed by atoms with E-state index in [0.29, 0.717) is 12.1 Å². The maximum absolute atomic E-state index is 12.0. The number of anilines is 1. The molecule has 2 heterocycles. The quantitative estimate of drug-likeness (QED) is 0.688. The highest BCUT2D eigenvalue weighted by molar-refractivity contribution is 5.94. The molecule has 0 aliphatic rings. The van der Waals surface area contributed by atoms with Gasteiger partial charge in [0.05, 0.1) is 12.5 Å². The third kappa shape index (κ3) is 3.81. The summed E-state index contributed by atoms with van der Waals surface area (Å²) in [5, 5.41) is 15.2. The topological polar surface area (TPSA) is 122 Å². The van der Waals surface area contributed by atoms with Gasteiger partial charge in [-0.2, -0.15) is 10.2 Å². The van der Waals surface area contributed by atoms with E-state index in [1.54, 1.807) is 43.5 Å². The van der Waals surface area contributed by atoms with E-state index in [-0.39, 0.29) is 11.6 Å². The molecule has 0 aliphatic heterocycles. The van der Waals surface area contributed by atoms with E-state index < -0.39 is 18.5 Å². The van der Waals surface area contributed by atoms with Gasteiger partial charge >= 0.3 is 5.97 Å². The summed E-state index contributed by atoms with van der Waals surface area (Å²) in [6.45, 7) is 1.33. The van der Waals surface area contributed by atoms with Gasteiger partial charge in [0.25, 0.3) is 17.5 Å². The third-order valence-corrected chi connectivity index (χ3v) is 3.47. The number of fused-ring (bicyclic) bond motifs is 1. The zero-order chi connectivity index (χ0) is 18.5. The molecule has 1 amide bonds. The van der Waals surface area contributed by atoms with Crippen LogP contribution < -0.4 is 5.32 Å². The lowest BCUT2D eigenvalue weighted by Crippen LogP contribution is -2.21. The monoisotopic (exact) mass is 350 g/mol. The van der Waals surface area contributed by atoms with Gasteiger partial charge in [0.2, 0.25) is 0 Å². The van der Waals surface area contributed by atoms with Gasteiger partial charge in [-0.25, -0.2) is 14.3 Å². The molecule has 0 spiro atoms. The molecule has 1 N–H and O–H groups in total. The van der Waals surface area contributed by atoms with E-state index in [4.69, 9.17) is 10.00 Å². The van der Waals surface area contributed by atoms with Crippen LogP contribution in [-0.2, 0) is 16.0 Å². The lowest BCUT2D eigenvalue weighted by molar-refractivity contribution is -0.119. The minimum atomic E-state index is -0.811. The van der Waals surface area contributed by atoms with Crippen LogP contribution in [0, 0.1) is 18.3 Å². The summed E-state index contributed by atoms with van der Waals surface area (Å²) in [6, 6.07) is 10.6. The van der Waals surface area contributed by atoms with Crippen LogP contribution in [0.3, 0.4) is 0 Å². The Morgan fingerprint density at radius 3 is 2.73 bits per heavy atom. The molecule has 0 bridgehead atoms. The van der Waals surface area contributed by atoms with Crippen molar-refractivity contribution >= 4 is 23.3 Å². The molecule has 26 heavy (non-hydrogen) atoms. The number of ether oxygens (including phenoxy) is 1. The number of aryl methyl sites for hydroxylation is 1. The molecule has 0 fully saturated rings. The number of nitrogens with zero attached hydrogens (tertiary/aromatic N) is 5. The summed E-state index contributed by atoms with van der Waals surface area (Å²) in [6.07, 6.45) is 1.86. The van der Waals surface area contributed by atoms with Crippen LogP contribution in [-0.4, -0.2) is 38.1 Å². The highest BCUT2D eigenvalue weighted by Gasteiger charge is 2.17. The molecule has 9 heteroatoms. The van der Waals surface area contributed by atoms with Crippen molar-refractivity contribution in [3.8, 4) is 6.07 Å². The minimum absolute atomic E-state index is 0.166. The van der Waals surface area contributed by atoms with Crippen LogP contribution in [0.25, 0.3) is 5.78 Å². The van der Waals surface area contributed by atoms with Crippen LogP contribution in [0.5, 0.6) is 0 Å². The first-order valence-corrected chi connectivity index (χ1v) is 7.68. The number of esters is 1. The molecule has 0 saturated heterocycles. The fourth-order valence-corrected chi connectivity index (χ4v) is 2.18. The van der Waals surface area contributed by atoms with Crippen molar-refractivity contribution in [2.24, 2.45) is 0 Å². The number of carbonyl (C=O) groups is 2. The first kappa shape index (κ1) is 17.0. The number of nitriles is 1. The largest absolute Gasteiger partial charge is 0.450 e. The molecule has 3 rings (SSSR count). The lowest BCUT2D eigenvalue weighted by Gasteiger charge is -2.06. The number of benzene rings is 1.